The molecule has 6 nitrogen and oxygen atoms in total. The van der Waals surface area contributed by atoms with Crippen LogP contribution in [0.2, 0.25) is 0 Å². The predicted octanol–water partition coefficient (Wildman–Crippen LogP) is 3.43. The molecule has 0 heterocycles. The van der Waals surface area contributed by atoms with Crippen molar-refractivity contribution in [3.8, 4) is 11.5 Å². The summed E-state index contributed by atoms with van der Waals surface area (Å²) in [5.41, 5.74) is 0.470. The minimum Gasteiger partial charge on any atom is -0.497 e. The first kappa shape index (κ1) is 19.3. The van der Waals surface area contributed by atoms with Crippen LogP contribution in [-0.2, 0) is 4.79 Å². The Bertz CT molecular complexity index is 760. The number of carboxylic acids is 1. The third-order valence-electron chi connectivity index (χ3n) is 3.51. The van der Waals surface area contributed by atoms with E-state index in [2.05, 4.69) is 5.32 Å². The number of aliphatic carboxylic acids is 1. The summed E-state index contributed by atoms with van der Waals surface area (Å²) >= 11 is 0. The van der Waals surface area contributed by atoms with Crippen LogP contribution in [0.3, 0.4) is 0 Å². The molecule has 0 fully saturated rings. The molecule has 0 bridgehead atoms. The van der Waals surface area contributed by atoms with Crippen molar-refractivity contribution in [1.29, 1.82) is 0 Å². The van der Waals surface area contributed by atoms with Crippen molar-refractivity contribution >= 4 is 11.9 Å². The minimum absolute atomic E-state index is 0.341. The summed E-state index contributed by atoms with van der Waals surface area (Å²) < 4.78 is 10.8. The fraction of sp³-hybridized carbons (Fsp3) is 0.300. The zero-order valence-electron chi connectivity index (χ0n) is 15.3. The smallest absolute Gasteiger partial charge is 0.330 e. The van der Waals surface area contributed by atoms with Crippen molar-refractivity contribution in [2.45, 2.75) is 32.4 Å². The van der Waals surface area contributed by atoms with Crippen LogP contribution in [0.25, 0.3) is 0 Å². The molecule has 0 radical (unpaired) electrons. The van der Waals surface area contributed by atoms with Gasteiger partial charge >= 0.3 is 5.97 Å². The Kier molecular flexibility index (Phi) is 5.87. The van der Waals surface area contributed by atoms with E-state index < -0.39 is 17.9 Å². The second-order valence-corrected chi connectivity index (χ2v) is 6.76. The van der Waals surface area contributed by atoms with Gasteiger partial charge < -0.3 is 19.9 Å². The molecule has 1 unspecified atom stereocenters. The summed E-state index contributed by atoms with van der Waals surface area (Å²) in [7, 11) is 1.53. The zero-order valence-corrected chi connectivity index (χ0v) is 15.3. The van der Waals surface area contributed by atoms with E-state index in [9.17, 15) is 14.7 Å². The van der Waals surface area contributed by atoms with Gasteiger partial charge in [0.25, 0.3) is 5.91 Å². The average Bonchev–Trinajstić information content (AvgIpc) is 2.58. The van der Waals surface area contributed by atoms with Gasteiger partial charge in [0.05, 0.1) is 7.11 Å². The van der Waals surface area contributed by atoms with Crippen LogP contribution in [-0.4, -0.2) is 29.7 Å². The monoisotopic (exact) mass is 357 g/mol. The third kappa shape index (κ3) is 5.24. The van der Waals surface area contributed by atoms with Crippen LogP contribution in [0.15, 0.2) is 48.5 Å². The number of carbonyl (C=O) groups excluding carboxylic acids is 1. The topological polar surface area (TPSA) is 84.9 Å². The maximum absolute atomic E-state index is 12.4. The van der Waals surface area contributed by atoms with E-state index in [0.717, 1.165) is 0 Å². The van der Waals surface area contributed by atoms with Crippen LogP contribution in [0.4, 0.5) is 0 Å². The predicted molar refractivity (Wildman–Crippen MR) is 97.7 cm³/mol. The summed E-state index contributed by atoms with van der Waals surface area (Å²) in [5.74, 6) is -0.371. The van der Waals surface area contributed by atoms with Gasteiger partial charge in [0, 0.05) is 5.56 Å². The van der Waals surface area contributed by atoms with Crippen LogP contribution < -0.4 is 14.8 Å². The first-order valence-corrected chi connectivity index (χ1v) is 8.16. The van der Waals surface area contributed by atoms with Crippen LogP contribution in [0, 0.1) is 0 Å². The number of hydrogen-bond acceptors (Lipinski definition) is 4. The molecule has 1 amide bonds. The second kappa shape index (κ2) is 7.91. The molecular weight excluding hydrogens is 334 g/mol. The molecule has 2 aromatic carbocycles. The standard InChI is InChI=1S/C20H23NO5/c1-20(2,3)26-16-11-7-14(8-12-16)18(22)21-17(19(23)24)13-5-9-15(25-4)10-6-13/h5-12,17H,1-4H3,(H,21,22)(H,23,24). The number of benzene rings is 2. The van der Waals surface area contributed by atoms with Gasteiger partial charge in [-0.1, -0.05) is 12.1 Å². The molecule has 0 saturated carbocycles. The number of hydrogen-bond donors (Lipinski definition) is 2. The summed E-state index contributed by atoms with van der Waals surface area (Å²) in [4.78, 5) is 24.0. The number of amides is 1. The van der Waals surface area contributed by atoms with E-state index in [0.29, 0.717) is 22.6 Å². The minimum atomic E-state index is -1.15. The van der Waals surface area contributed by atoms with Crippen molar-refractivity contribution < 1.29 is 24.2 Å². The van der Waals surface area contributed by atoms with Gasteiger partial charge in [-0.15, -0.1) is 0 Å². The Morgan fingerprint density at radius 3 is 1.96 bits per heavy atom. The molecule has 0 aromatic heterocycles. The molecule has 2 rings (SSSR count). The maximum Gasteiger partial charge on any atom is 0.330 e. The van der Waals surface area contributed by atoms with Crippen molar-refractivity contribution in [2.24, 2.45) is 0 Å². The van der Waals surface area contributed by atoms with E-state index in [-0.39, 0.29) is 5.60 Å². The maximum atomic E-state index is 12.4. The van der Waals surface area contributed by atoms with E-state index in [4.69, 9.17) is 9.47 Å². The molecule has 2 N–H and O–H groups in total. The lowest BCUT2D eigenvalue weighted by molar-refractivity contribution is -0.139. The molecule has 2 aromatic rings. The van der Waals surface area contributed by atoms with E-state index in [1.807, 2.05) is 20.8 Å². The molecule has 6 heteroatoms. The highest BCUT2D eigenvalue weighted by atomic mass is 16.5. The Morgan fingerprint density at radius 1 is 0.962 bits per heavy atom. The Balaban J connectivity index is 2.13. The SMILES string of the molecule is COc1ccc(C(NC(=O)c2ccc(OC(C)(C)C)cc2)C(=O)O)cc1. The first-order chi connectivity index (χ1) is 12.2. The molecule has 0 saturated heterocycles. The quantitative estimate of drug-likeness (QED) is 0.827. The van der Waals surface area contributed by atoms with Crippen molar-refractivity contribution in [3.05, 3.63) is 59.7 Å². The highest BCUT2D eigenvalue weighted by molar-refractivity contribution is 5.96. The van der Waals surface area contributed by atoms with Gasteiger partial charge in [-0.2, -0.15) is 0 Å². The highest BCUT2D eigenvalue weighted by Gasteiger charge is 2.23. The molecule has 138 valence electrons. The number of carboxylic acid groups (broad SMARTS) is 1. The van der Waals surface area contributed by atoms with Gasteiger partial charge in [0.15, 0.2) is 6.04 Å². The first-order valence-electron chi connectivity index (χ1n) is 8.16. The molecule has 0 aliphatic heterocycles. The van der Waals surface area contributed by atoms with Crippen molar-refractivity contribution in [3.63, 3.8) is 0 Å². The number of rotatable bonds is 6. The molecule has 0 spiro atoms. The largest absolute Gasteiger partial charge is 0.497 e. The number of methoxy groups -OCH3 is 1. The van der Waals surface area contributed by atoms with Gasteiger partial charge in [-0.05, 0) is 62.7 Å². The Morgan fingerprint density at radius 2 is 1.50 bits per heavy atom. The summed E-state index contributed by atoms with van der Waals surface area (Å²) in [6.07, 6.45) is 0. The molecular formula is C20H23NO5. The molecule has 0 aliphatic carbocycles. The van der Waals surface area contributed by atoms with Crippen molar-refractivity contribution in [2.75, 3.05) is 7.11 Å². The lowest BCUT2D eigenvalue weighted by Crippen LogP contribution is -2.33. The van der Waals surface area contributed by atoms with Gasteiger partial charge in [0.1, 0.15) is 17.1 Å². The average molecular weight is 357 g/mol. The Labute approximate surface area is 152 Å². The molecule has 1 atom stereocenters. The summed E-state index contributed by atoms with van der Waals surface area (Å²) in [6, 6.07) is 11.9. The van der Waals surface area contributed by atoms with E-state index >= 15 is 0 Å². The lowest BCUT2D eigenvalue weighted by atomic mass is 10.1. The number of nitrogens with one attached hydrogen (secondary N) is 1. The molecule has 26 heavy (non-hydrogen) atoms. The highest BCUT2D eigenvalue weighted by Crippen LogP contribution is 2.21. The Hall–Kier alpha value is -3.02. The lowest BCUT2D eigenvalue weighted by Gasteiger charge is -2.21. The normalized spacial score (nSPS) is 12.2. The zero-order chi connectivity index (χ0) is 19.3. The van der Waals surface area contributed by atoms with Crippen LogP contribution in [0.5, 0.6) is 11.5 Å². The van der Waals surface area contributed by atoms with Crippen molar-refractivity contribution in [1.82, 2.24) is 5.32 Å². The number of carbonyl (C=O) groups is 2. The van der Waals surface area contributed by atoms with Gasteiger partial charge in [-0.3, -0.25) is 4.79 Å². The van der Waals surface area contributed by atoms with E-state index in [1.165, 1.54) is 7.11 Å². The van der Waals surface area contributed by atoms with Crippen LogP contribution >= 0.6 is 0 Å². The van der Waals surface area contributed by atoms with Crippen LogP contribution in [0.1, 0.15) is 42.7 Å². The fourth-order valence-electron chi connectivity index (χ4n) is 2.33. The van der Waals surface area contributed by atoms with Gasteiger partial charge in [-0.25, -0.2) is 4.79 Å². The summed E-state index contributed by atoms with van der Waals surface area (Å²) in [5, 5.41) is 12.0. The van der Waals surface area contributed by atoms with E-state index in [1.54, 1.807) is 48.5 Å². The second-order valence-electron chi connectivity index (χ2n) is 6.76. The third-order valence-corrected chi connectivity index (χ3v) is 3.51. The van der Waals surface area contributed by atoms with Gasteiger partial charge in [0.2, 0.25) is 0 Å². The summed E-state index contributed by atoms with van der Waals surface area (Å²) in [6.45, 7) is 5.79. The fourth-order valence-corrected chi connectivity index (χ4v) is 2.33. The number of ether oxygens (including phenoxy) is 2. The molecule has 0 aliphatic rings.